The predicted molar refractivity (Wildman–Crippen MR) is 174 cm³/mol. The molecule has 8 heteroatoms. The number of amides is 3. The first kappa shape index (κ1) is 30.6. The van der Waals surface area contributed by atoms with E-state index in [2.05, 4.69) is 5.32 Å². The first-order valence-electron chi connectivity index (χ1n) is 14.4. The third kappa shape index (κ3) is 7.03. The molecule has 0 aliphatic carbocycles. The summed E-state index contributed by atoms with van der Waals surface area (Å²) in [6.45, 7) is 6.26. The van der Waals surface area contributed by atoms with Crippen LogP contribution in [0.3, 0.4) is 0 Å². The van der Waals surface area contributed by atoms with Crippen molar-refractivity contribution in [3.05, 3.63) is 112 Å². The lowest BCUT2D eigenvalue weighted by Crippen LogP contribution is -2.54. The number of nitrogens with zero attached hydrogens (tertiary/aromatic N) is 2. The molecular weight excluding hydrogens is 581 g/mol. The van der Waals surface area contributed by atoms with E-state index in [9.17, 15) is 14.4 Å². The van der Waals surface area contributed by atoms with Gasteiger partial charge in [-0.25, -0.2) is 0 Å². The molecule has 0 bridgehead atoms. The molecule has 1 aliphatic rings. The van der Waals surface area contributed by atoms with E-state index in [1.807, 2.05) is 87.5 Å². The maximum absolute atomic E-state index is 14.1. The first-order chi connectivity index (χ1) is 20.5. The fourth-order valence-corrected chi connectivity index (χ4v) is 6.04. The van der Waals surface area contributed by atoms with Gasteiger partial charge in [0.05, 0.1) is 5.69 Å². The van der Waals surface area contributed by atoms with Gasteiger partial charge in [-0.3, -0.25) is 14.4 Å². The van der Waals surface area contributed by atoms with E-state index in [4.69, 9.17) is 23.2 Å². The van der Waals surface area contributed by atoms with Crippen LogP contribution in [0.25, 0.3) is 10.8 Å². The van der Waals surface area contributed by atoms with Gasteiger partial charge in [-0.15, -0.1) is 0 Å². The van der Waals surface area contributed by atoms with E-state index < -0.39 is 11.6 Å². The van der Waals surface area contributed by atoms with E-state index in [1.54, 1.807) is 28.0 Å². The van der Waals surface area contributed by atoms with Crippen LogP contribution in [-0.2, 0) is 22.6 Å². The van der Waals surface area contributed by atoms with Crippen LogP contribution in [-0.4, -0.2) is 40.7 Å². The molecule has 5 rings (SSSR count). The number of anilines is 1. The van der Waals surface area contributed by atoms with Crippen LogP contribution in [0, 0.1) is 0 Å². The zero-order chi connectivity index (χ0) is 30.7. The highest BCUT2D eigenvalue weighted by Crippen LogP contribution is 2.37. The molecule has 4 aromatic carbocycles. The molecule has 1 aliphatic heterocycles. The largest absolute Gasteiger partial charge is 0.350 e. The molecule has 0 fully saturated rings. The highest BCUT2D eigenvalue weighted by Gasteiger charge is 2.33. The smallest absolute Gasteiger partial charge is 0.258 e. The Morgan fingerprint density at radius 1 is 0.930 bits per heavy atom. The summed E-state index contributed by atoms with van der Waals surface area (Å²) in [6.07, 6.45) is 0.912. The van der Waals surface area contributed by atoms with Gasteiger partial charge in [-0.1, -0.05) is 83.9 Å². The fraction of sp³-hybridized carbons (Fsp3) is 0.286. The molecule has 1 atom stereocenters. The van der Waals surface area contributed by atoms with Crippen molar-refractivity contribution in [2.24, 2.45) is 0 Å². The van der Waals surface area contributed by atoms with Gasteiger partial charge < -0.3 is 15.1 Å². The van der Waals surface area contributed by atoms with Crippen LogP contribution in [0.4, 0.5) is 5.69 Å². The summed E-state index contributed by atoms with van der Waals surface area (Å²) in [4.78, 5) is 44.5. The molecule has 0 aromatic heterocycles. The monoisotopic (exact) mass is 615 g/mol. The van der Waals surface area contributed by atoms with Gasteiger partial charge in [0.25, 0.3) is 5.91 Å². The topological polar surface area (TPSA) is 69.7 Å². The maximum atomic E-state index is 14.1. The van der Waals surface area contributed by atoms with Gasteiger partial charge in [0.2, 0.25) is 11.8 Å². The molecule has 3 amide bonds. The quantitative estimate of drug-likeness (QED) is 0.201. The highest BCUT2D eigenvalue weighted by atomic mass is 35.5. The van der Waals surface area contributed by atoms with Crippen molar-refractivity contribution in [1.82, 2.24) is 10.2 Å². The lowest BCUT2D eigenvalue weighted by Gasteiger charge is -2.34. The van der Waals surface area contributed by atoms with Crippen molar-refractivity contribution in [3.63, 3.8) is 0 Å². The van der Waals surface area contributed by atoms with Gasteiger partial charge >= 0.3 is 0 Å². The van der Waals surface area contributed by atoms with Gasteiger partial charge in [0.15, 0.2) is 0 Å². The summed E-state index contributed by atoms with van der Waals surface area (Å²) in [5, 5.41) is 5.95. The summed E-state index contributed by atoms with van der Waals surface area (Å²) >= 11 is 12.7. The lowest BCUT2D eigenvalue weighted by molar-refractivity contribution is -0.142. The van der Waals surface area contributed by atoms with Crippen LogP contribution in [0.15, 0.2) is 84.9 Å². The maximum Gasteiger partial charge on any atom is 0.258 e. The third-order valence-corrected chi connectivity index (χ3v) is 8.13. The molecule has 1 N–H and O–H groups in total. The van der Waals surface area contributed by atoms with Crippen molar-refractivity contribution in [1.29, 1.82) is 0 Å². The number of benzene rings is 4. The second-order valence-electron chi connectivity index (χ2n) is 11.9. The number of carbonyl (C=O) groups excluding carboxylic acids is 3. The van der Waals surface area contributed by atoms with Crippen molar-refractivity contribution in [2.75, 3.05) is 11.4 Å². The minimum Gasteiger partial charge on any atom is -0.350 e. The lowest BCUT2D eigenvalue weighted by atomic mass is 10.00. The van der Waals surface area contributed by atoms with Crippen molar-refractivity contribution < 1.29 is 14.4 Å². The molecule has 1 unspecified atom stereocenters. The Kier molecular flexibility index (Phi) is 9.09. The van der Waals surface area contributed by atoms with E-state index >= 15 is 0 Å². The van der Waals surface area contributed by atoms with E-state index in [1.165, 1.54) is 0 Å². The molecule has 4 aromatic rings. The molecule has 1 heterocycles. The minimum atomic E-state index is -0.785. The Bertz CT molecular complexity index is 1660. The van der Waals surface area contributed by atoms with Gasteiger partial charge in [0.1, 0.15) is 6.04 Å². The van der Waals surface area contributed by atoms with Crippen LogP contribution in [0.1, 0.15) is 55.1 Å². The summed E-state index contributed by atoms with van der Waals surface area (Å²) in [7, 11) is 0. The van der Waals surface area contributed by atoms with Crippen LogP contribution in [0.5, 0.6) is 0 Å². The predicted octanol–water partition coefficient (Wildman–Crippen LogP) is 7.44. The molecular formula is C35H35Cl2N3O3. The SMILES string of the molecule is CC(C)(C)NC(=O)C(Cc1ccccc1)N(Cc1ccc(Cl)cc1Cl)C(=O)CCCN1C(=O)c2cccc3cccc1c23. The number of nitrogens with one attached hydrogen (secondary N) is 1. The summed E-state index contributed by atoms with van der Waals surface area (Å²) in [5.41, 5.74) is 2.68. The molecule has 0 saturated carbocycles. The van der Waals surface area contributed by atoms with Crippen LogP contribution >= 0.6 is 23.2 Å². The fourth-order valence-electron chi connectivity index (χ4n) is 5.57. The Morgan fingerprint density at radius 2 is 1.65 bits per heavy atom. The minimum absolute atomic E-state index is 0.0597. The number of hydrogen-bond acceptors (Lipinski definition) is 3. The van der Waals surface area contributed by atoms with Crippen molar-refractivity contribution in [3.8, 4) is 0 Å². The average molecular weight is 617 g/mol. The second kappa shape index (κ2) is 12.8. The Morgan fingerprint density at radius 3 is 2.35 bits per heavy atom. The van der Waals surface area contributed by atoms with E-state index in [0.29, 0.717) is 40.6 Å². The molecule has 43 heavy (non-hydrogen) atoms. The molecule has 0 radical (unpaired) electrons. The average Bonchev–Trinajstić information content (AvgIpc) is 3.23. The van der Waals surface area contributed by atoms with Crippen LogP contribution in [0.2, 0.25) is 10.0 Å². The van der Waals surface area contributed by atoms with Crippen LogP contribution < -0.4 is 10.2 Å². The molecule has 0 saturated heterocycles. The second-order valence-corrected chi connectivity index (χ2v) is 12.8. The number of hydrogen-bond donors (Lipinski definition) is 1. The normalized spacial score (nSPS) is 13.3. The van der Waals surface area contributed by atoms with E-state index in [-0.39, 0.29) is 30.7 Å². The van der Waals surface area contributed by atoms with Crippen molar-refractivity contribution in [2.45, 2.75) is 58.2 Å². The third-order valence-electron chi connectivity index (χ3n) is 7.55. The molecule has 6 nitrogen and oxygen atoms in total. The zero-order valence-electron chi connectivity index (χ0n) is 24.6. The number of halogens is 2. The first-order valence-corrected chi connectivity index (χ1v) is 15.2. The van der Waals surface area contributed by atoms with E-state index in [0.717, 1.165) is 22.0 Å². The molecule has 222 valence electrons. The zero-order valence-corrected chi connectivity index (χ0v) is 26.1. The number of carbonyl (C=O) groups is 3. The van der Waals surface area contributed by atoms with Gasteiger partial charge in [0, 0.05) is 52.5 Å². The Hall–Kier alpha value is -3.87. The standard InChI is InChI=1S/C35H35Cl2N3O3/c1-35(2,3)38-33(42)30(20-23-10-5-4-6-11-23)40(22-25-17-18-26(36)21-28(25)37)31(41)16-9-19-39-29-15-8-13-24-12-7-14-27(32(24)29)34(39)43/h4-8,10-15,17-18,21,30H,9,16,19-20,22H2,1-3H3,(H,38,42). The summed E-state index contributed by atoms with van der Waals surface area (Å²) < 4.78 is 0. The van der Waals surface area contributed by atoms with Gasteiger partial charge in [-0.05, 0) is 68.0 Å². The van der Waals surface area contributed by atoms with Gasteiger partial charge in [-0.2, -0.15) is 0 Å². The summed E-state index contributed by atoms with van der Waals surface area (Å²) in [6, 6.07) is 25.6. The Balaban J connectivity index is 1.40. The van der Waals surface area contributed by atoms with Crippen molar-refractivity contribution >= 4 is 57.4 Å². The Labute approximate surface area is 262 Å². The number of rotatable bonds is 10. The highest BCUT2D eigenvalue weighted by molar-refractivity contribution is 6.35. The molecule has 0 spiro atoms. The summed E-state index contributed by atoms with van der Waals surface area (Å²) in [5.74, 6) is -0.499.